The molecule has 140 valence electrons. The van der Waals surface area contributed by atoms with Crippen LogP contribution in [0.1, 0.15) is 44.2 Å². The van der Waals surface area contributed by atoms with Gasteiger partial charge in [0.05, 0.1) is 18.7 Å². The lowest BCUT2D eigenvalue weighted by molar-refractivity contribution is -0.305. The van der Waals surface area contributed by atoms with Crippen molar-refractivity contribution in [1.82, 2.24) is 4.90 Å². The van der Waals surface area contributed by atoms with Crippen molar-refractivity contribution in [3.63, 3.8) is 0 Å². The van der Waals surface area contributed by atoms with Crippen molar-refractivity contribution >= 4 is 17.7 Å². The molecule has 1 aliphatic rings. The average molecular weight is 360 g/mol. The number of carbonyl (C=O) groups is 3. The number of benzene rings is 1. The Bertz CT molecular complexity index is 722. The van der Waals surface area contributed by atoms with Crippen LogP contribution >= 0.6 is 0 Å². The number of nitrogens with zero attached hydrogens (tertiary/aromatic N) is 1. The fraction of sp³-hybridized carbons (Fsp3) is 0.421. The number of carboxylic acid groups (broad SMARTS) is 1. The number of carboxylic acids is 1. The monoisotopic (exact) mass is 360 g/mol. The standard InChI is InChI=1S/C19H23NO6/c1-12(21)16-17(13-7-9-14(26-2)10-8-13)20(19(25)18(16)24)11-5-3-4-6-15(22)23/h7-10,17,24H,3-6,11H2,1-2H3,(H,22,23)/p-1/t17-/m0/s1. The summed E-state index contributed by atoms with van der Waals surface area (Å²) in [5.74, 6) is -1.93. The SMILES string of the molecule is COc1ccc([C@H]2C(C(C)=O)=C(O)C(=O)N2CCCCCC(=O)[O-])cc1. The van der Waals surface area contributed by atoms with Gasteiger partial charge in [-0.2, -0.15) is 0 Å². The number of amides is 1. The molecule has 0 saturated carbocycles. The second-order valence-electron chi connectivity index (χ2n) is 6.18. The van der Waals surface area contributed by atoms with Crippen LogP contribution < -0.4 is 9.84 Å². The van der Waals surface area contributed by atoms with Crippen molar-refractivity contribution in [2.24, 2.45) is 0 Å². The molecule has 1 aromatic rings. The lowest BCUT2D eigenvalue weighted by atomic mass is 9.96. The van der Waals surface area contributed by atoms with Crippen molar-refractivity contribution in [3.8, 4) is 5.75 Å². The normalized spacial score (nSPS) is 16.9. The highest BCUT2D eigenvalue weighted by molar-refractivity contribution is 6.08. The van der Waals surface area contributed by atoms with E-state index in [4.69, 9.17) is 4.74 Å². The summed E-state index contributed by atoms with van der Waals surface area (Å²) >= 11 is 0. The Hall–Kier alpha value is -2.83. The molecule has 0 fully saturated rings. The molecule has 1 amide bonds. The summed E-state index contributed by atoms with van der Waals surface area (Å²) in [4.78, 5) is 36.4. The van der Waals surface area contributed by atoms with E-state index in [-0.39, 0.29) is 17.8 Å². The highest BCUT2D eigenvalue weighted by Crippen LogP contribution is 2.38. The van der Waals surface area contributed by atoms with Gasteiger partial charge in [-0.1, -0.05) is 18.6 Å². The number of methoxy groups -OCH3 is 1. The van der Waals surface area contributed by atoms with Crippen LogP contribution in [-0.2, 0) is 14.4 Å². The fourth-order valence-corrected chi connectivity index (χ4v) is 3.10. The maximum absolute atomic E-state index is 12.4. The van der Waals surface area contributed by atoms with Gasteiger partial charge in [0, 0.05) is 12.5 Å². The first-order valence-corrected chi connectivity index (χ1v) is 8.45. The number of carbonyl (C=O) groups excluding carboxylic acids is 3. The van der Waals surface area contributed by atoms with Gasteiger partial charge in [0.1, 0.15) is 5.75 Å². The Kier molecular flexibility index (Phi) is 6.38. The van der Waals surface area contributed by atoms with Crippen LogP contribution in [0.4, 0.5) is 0 Å². The third-order valence-corrected chi connectivity index (χ3v) is 4.39. The third kappa shape index (κ3) is 4.22. The van der Waals surface area contributed by atoms with Crippen molar-refractivity contribution in [1.29, 1.82) is 0 Å². The highest BCUT2D eigenvalue weighted by Gasteiger charge is 2.41. The lowest BCUT2D eigenvalue weighted by Crippen LogP contribution is -2.32. The van der Waals surface area contributed by atoms with Crippen molar-refractivity contribution in [2.75, 3.05) is 13.7 Å². The first-order valence-electron chi connectivity index (χ1n) is 8.45. The van der Waals surface area contributed by atoms with E-state index in [0.717, 1.165) is 0 Å². The van der Waals surface area contributed by atoms with Gasteiger partial charge in [-0.25, -0.2) is 0 Å². The van der Waals surface area contributed by atoms with E-state index in [0.29, 0.717) is 37.1 Å². The van der Waals surface area contributed by atoms with E-state index in [1.165, 1.54) is 11.8 Å². The molecule has 1 aromatic carbocycles. The van der Waals surface area contributed by atoms with Crippen molar-refractivity contribution in [2.45, 2.75) is 38.6 Å². The molecule has 1 atom stereocenters. The van der Waals surface area contributed by atoms with Gasteiger partial charge in [-0.15, -0.1) is 0 Å². The molecular weight excluding hydrogens is 338 g/mol. The van der Waals surface area contributed by atoms with Crippen LogP contribution in [0.15, 0.2) is 35.6 Å². The Morgan fingerprint density at radius 2 is 1.85 bits per heavy atom. The van der Waals surface area contributed by atoms with Gasteiger partial charge in [0.2, 0.25) is 0 Å². The molecule has 7 nitrogen and oxygen atoms in total. The number of rotatable bonds is 9. The molecule has 0 radical (unpaired) electrons. The minimum Gasteiger partial charge on any atom is -0.550 e. The van der Waals surface area contributed by atoms with Crippen LogP contribution in [0.25, 0.3) is 0 Å². The molecular formula is C19H22NO6-. The van der Waals surface area contributed by atoms with Gasteiger partial charge < -0.3 is 24.6 Å². The molecule has 0 aliphatic carbocycles. The smallest absolute Gasteiger partial charge is 0.290 e. The molecule has 0 saturated heterocycles. The van der Waals surface area contributed by atoms with Crippen LogP contribution in [0.3, 0.4) is 0 Å². The number of aliphatic hydroxyl groups excluding tert-OH is 1. The Labute approximate surface area is 151 Å². The first-order chi connectivity index (χ1) is 12.4. The van der Waals surface area contributed by atoms with Crippen molar-refractivity contribution in [3.05, 3.63) is 41.2 Å². The van der Waals surface area contributed by atoms with E-state index in [9.17, 15) is 24.6 Å². The number of aliphatic carboxylic acids is 1. The van der Waals surface area contributed by atoms with Crippen LogP contribution in [0.2, 0.25) is 0 Å². The van der Waals surface area contributed by atoms with E-state index in [2.05, 4.69) is 0 Å². The minimum absolute atomic E-state index is 0.0297. The molecule has 0 unspecified atom stereocenters. The number of ketones is 1. The number of aliphatic hydroxyl groups is 1. The van der Waals surface area contributed by atoms with Gasteiger partial charge in [0.25, 0.3) is 5.91 Å². The fourth-order valence-electron chi connectivity index (χ4n) is 3.10. The Morgan fingerprint density at radius 1 is 1.19 bits per heavy atom. The second-order valence-corrected chi connectivity index (χ2v) is 6.18. The Morgan fingerprint density at radius 3 is 2.38 bits per heavy atom. The summed E-state index contributed by atoms with van der Waals surface area (Å²) in [6.45, 7) is 1.63. The first kappa shape index (κ1) is 19.5. The maximum atomic E-state index is 12.4. The predicted octanol–water partition coefficient (Wildman–Crippen LogP) is 1.29. The summed E-state index contributed by atoms with van der Waals surface area (Å²) < 4.78 is 5.12. The molecule has 1 aliphatic heterocycles. The molecule has 1 heterocycles. The number of hydrogen-bond donors (Lipinski definition) is 1. The average Bonchev–Trinajstić information content (AvgIpc) is 2.86. The number of ether oxygens (including phenoxy) is 1. The summed E-state index contributed by atoms with van der Waals surface area (Å²) in [5, 5.41) is 20.6. The van der Waals surface area contributed by atoms with Gasteiger partial charge in [-0.3, -0.25) is 9.59 Å². The van der Waals surface area contributed by atoms with Crippen LogP contribution in [0.5, 0.6) is 5.75 Å². The Balaban J connectivity index is 2.20. The molecule has 1 N–H and O–H groups in total. The van der Waals surface area contributed by atoms with Crippen molar-refractivity contribution < 1.29 is 29.3 Å². The third-order valence-electron chi connectivity index (χ3n) is 4.39. The molecule has 2 rings (SSSR count). The van der Waals surface area contributed by atoms with E-state index < -0.39 is 23.7 Å². The number of Topliss-reactive ketones (excluding diaryl/α,β-unsaturated/α-hetero) is 1. The van der Waals surface area contributed by atoms with Crippen LogP contribution in [0, 0.1) is 0 Å². The molecule has 0 spiro atoms. The topological polar surface area (TPSA) is 107 Å². The zero-order valence-electron chi connectivity index (χ0n) is 14.9. The molecule has 0 aromatic heterocycles. The largest absolute Gasteiger partial charge is 0.550 e. The van der Waals surface area contributed by atoms with Gasteiger partial charge in [0.15, 0.2) is 11.5 Å². The summed E-state index contributed by atoms with van der Waals surface area (Å²) in [7, 11) is 1.54. The maximum Gasteiger partial charge on any atom is 0.290 e. The minimum atomic E-state index is -1.10. The quantitative estimate of drug-likeness (QED) is 0.665. The van der Waals surface area contributed by atoms with E-state index in [1.807, 2.05) is 0 Å². The van der Waals surface area contributed by atoms with Crippen LogP contribution in [-0.4, -0.2) is 41.3 Å². The number of hydrogen-bond acceptors (Lipinski definition) is 6. The zero-order valence-corrected chi connectivity index (χ0v) is 14.9. The summed E-state index contributed by atoms with van der Waals surface area (Å²) in [6, 6.07) is 6.30. The second kappa shape index (κ2) is 8.51. The predicted molar refractivity (Wildman–Crippen MR) is 91.3 cm³/mol. The highest BCUT2D eigenvalue weighted by atomic mass is 16.5. The molecule has 7 heteroatoms. The molecule has 0 bridgehead atoms. The zero-order chi connectivity index (χ0) is 19.3. The molecule has 26 heavy (non-hydrogen) atoms. The summed E-state index contributed by atoms with van der Waals surface area (Å²) in [5.41, 5.74) is 0.776. The summed E-state index contributed by atoms with van der Waals surface area (Å²) in [6.07, 6.45) is 1.59. The van der Waals surface area contributed by atoms with E-state index >= 15 is 0 Å². The van der Waals surface area contributed by atoms with Gasteiger partial charge >= 0.3 is 0 Å². The van der Waals surface area contributed by atoms with E-state index in [1.54, 1.807) is 31.4 Å². The van der Waals surface area contributed by atoms with Gasteiger partial charge in [-0.05, 0) is 43.9 Å². The number of unbranched alkanes of at least 4 members (excludes halogenated alkanes) is 2. The lowest BCUT2D eigenvalue weighted by Gasteiger charge is -2.26.